The van der Waals surface area contributed by atoms with Gasteiger partial charge in [0.25, 0.3) is 0 Å². The SMILES string of the molecule is C[C@](N)(C#N)COc1ccc2c(c1F)B(O)OC2. The first kappa shape index (κ1) is 12.8. The topological polar surface area (TPSA) is 88.5 Å². The summed E-state index contributed by atoms with van der Waals surface area (Å²) in [5.74, 6) is -0.725. The number of hydrogen-bond donors (Lipinski definition) is 2. The van der Waals surface area contributed by atoms with Crippen molar-refractivity contribution in [3.8, 4) is 11.8 Å². The molecule has 0 radical (unpaired) electrons. The number of nitrogens with zero attached hydrogens (tertiary/aromatic N) is 1. The standard InChI is InChI=1S/C11H12BFN2O3/c1-11(15,5-14)6-17-8-3-2-7-4-18-12(16)9(7)10(8)13/h2-3,16H,4,6,15H2,1H3/t11-/m0/s1. The number of benzene rings is 1. The van der Waals surface area contributed by atoms with E-state index >= 15 is 0 Å². The molecular weight excluding hydrogens is 238 g/mol. The summed E-state index contributed by atoms with van der Waals surface area (Å²) < 4.78 is 24.1. The third-order valence-corrected chi connectivity index (χ3v) is 2.66. The van der Waals surface area contributed by atoms with Crippen molar-refractivity contribution in [3.63, 3.8) is 0 Å². The molecule has 1 aromatic rings. The second-order valence-electron chi connectivity index (χ2n) is 4.43. The van der Waals surface area contributed by atoms with Gasteiger partial charge in [-0.05, 0) is 18.6 Å². The quantitative estimate of drug-likeness (QED) is 0.716. The van der Waals surface area contributed by atoms with E-state index in [9.17, 15) is 9.41 Å². The van der Waals surface area contributed by atoms with Gasteiger partial charge >= 0.3 is 7.12 Å². The van der Waals surface area contributed by atoms with Gasteiger partial charge in [0.1, 0.15) is 12.1 Å². The summed E-state index contributed by atoms with van der Waals surface area (Å²) in [6.07, 6.45) is 0. The van der Waals surface area contributed by atoms with Crippen molar-refractivity contribution in [2.24, 2.45) is 5.73 Å². The Morgan fingerprint density at radius 2 is 2.44 bits per heavy atom. The Labute approximate surface area is 104 Å². The lowest BCUT2D eigenvalue weighted by molar-refractivity contribution is 0.254. The molecule has 1 aliphatic heterocycles. The Balaban J connectivity index is 2.22. The van der Waals surface area contributed by atoms with E-state index in [4.69, 9.17) is 20.4 Å². The van der Waals surface area contributed by atoms with Crippen molar-refractivity contribution in [1.29, 1.82) is 5.26 Å². The molecule has 0 unspecified atom stereocenters. The summed E-state index contributed by atoms with van der Waals surface area (Å²) in [6.45, 7) is 1.51. The molecule has 1 heterocycles. The van der Waals surface area contributed by atoms with Crippen LogP contribution in [0.1, 0.15) is 12.5 Å². The van der Waals surface area contributed by atoms with Gasteiger partial charge in [0.2, 0.25) is 0 Å². The van der Waals surface area contributed by atoms with Crippen molar-refractivity contribution < 1.29 is 18.8 Å². The van der Waals surface area contributed by atoms with Crippen LogP contribution in [0.4, 0.5) is 4.39 Å². The van der Waals surface area contributed by atoms with E-state index in [0.717, 1.165) is 0 Å². The Morgan fingerprint density at radius 1 is 1.72 bits per heavy atom. The molecule has 1 aromatic carbocycles. The Hall–Kier alpha value is -1.62. The van der Waals surface area contributed by atoms with Crippen LogP contribution in [0.15, 0.2) is 12.1 Å². The van der Waals surface area contributed by atoms with Gasteiger partial charge in [0, 0.05) is 5.46 Å². The molecule has 0 aromatic heterocycles. The lowest BCUT2D eigenvalue weighted by atomic mass is 9.79. The number of nitriles is 1. The van der Waals surface area contributed by atoms with Crippen LogP contribution in [0.2, 0.25) is 0 Å². The van der Waals surface area contributed by atoms with E-state index in [0.29, 0.717) is 5.56 Å². The summed E-state index contributed by atoms with van der Waals surface area (Å²) in [6, 6.07) is 4.90. The summed E-state index contributed by atoms with van der Waals surface area (Å²) in [5, 5.41) is 18.2. The minimum Gasteiger partial charge on any atom is -0.488 e. The van der Waals surface area contributed by atoms with Crippen LogP contribution in [0, 0.1) is 17.1 Å². The average Bonchev–Trinajstić information content (AvgIpc) is 2.71. The van der Waals surface area contributed by atoms with Crippen molar-refractivity contribution >= 4 is 12.6 Å². The summed E-state index contributed by atoms with van der Waals surface area (Å²) in [7, 11) is -1.27. The number of halogens is 1. The molecule has 0 saturated heterocycles. The van der Waals surface area contributed by atoms with Gasteiger partial charge in [-0.1, -0.05) is 6.07 Å². The van der Waals surface area contributed by atoms with Gasteiger partial charge in [-0.3, -0.25) is 0 Å². The first-order chi connectivity index (χ1) is 8.44. The number of ether oxygens (including phenoxy) is 1. The maximum absolute atomic E-state index is 14.0. The highest BCUT2D eigenvalue weighted by Gasteiger charge is 2.33. The summed E-state index contributed by atoms with van der Waals surface area (Å²) >= 11 is 0. The summed E-state index contributed by atoms with van der Waals surface area (Å²) in [4.78, 5) is 0. The van der Waals surface area contributed by atoms with Crippen LogP contribution in [0.3, 0.4) is 0 Å². The molecule has 5 nitrogen and oxygen atoms in total. The van der Waals surface area contributed by atoms with Crippen LogP contribution >= 0.6 is 0 Å². The predicted octanol–water partition coefficient (Wildman–Crippen LogP) is -0.337. The van der Waals surface area contributed by atoms with E-state index in [1.54, 1.807) is 6.07 Å². The molecule has 2 rings (SSSR count). The lowest BCUT2D eigenvalue weighted by Crippen LogP contribution is -2.41. The molecule has 7 heteroatoms. The molecule has 0 amide bonds. The van der Waals surface area contributed by atoms with Crippen LogP contribution in [0.5, 0.6) is 5.75 Å². The zero-order chi connectivity index (χ0) is 13.3. The minimum absolute atomic E-state index is 0.0507. The van der Waals surface area contributed by atoms with E-state index < -0.39 is 18.5 Å². The third kappa shape index (κ3) is 2.31. The second-order valence-corrected chi connectivity index (χ2v) is 4.43. The highest BCUT2D eigenvalue weighted by atomic mass is 19.1. The molecule has 0 bridgehead atoms. The zero-order valence-electron chi connectivity index (χ0n) is 9.81. The molecule has 94 valence electrons. The maximum atomic E-state index is 14.0. The first-order valence-corrected chi connectivity index (χ1v) is 5.38. The first-order valence-electron chi connectivity index (χ1n) is 5.38. The third-order valence-electron chi connectivity index (χ3n) is 2.66. The van der Waals surface area contributed by atoms with Crippen molar-refractivity contribution in [1.82, 2.24) is 0 Å². The molecule has 0 saturated carbocycles. The smallest absolute Gasteiger partial charge is 0.488 e. The monoisotopic (exact) mass is 250 g/mol. The predicted molar refractivity (Wildman–Crippen MR) is 62.5 cm³/mol. The Kier molecular flexibility index (Phi) is 3.26. The van der Waals surface area contributed by atoms with Crippen LogP contribution in [-0.4, -0.2) is 24.3 Å². The largest absolute Gasteiger partial charge is 0.494 e. The molecule has 0 spiro atoms. The van der Waals surface area contributed by atoms with Crippen LogP contribution in [0.25, 0.3) is 0 Å². The van der Waals surface area contributed by atoms with Gasteiger partial charge < -0.3 is 20.1 Å². The fourth-order valence-corrected chi connectivity index (χ4v) is 1.63. The molecular formula is C11H12BFN2O3. The van der Waals surface area contributed by atoms with Gasteiger partial charge in [0.15, 0.2) is 11.6 Å². The van der Waals surface area contributed by atoms with E-state index in [1.807, 2.05) is 6.07 Å². The van der Waals surface area contributed by atoms with Crippen LogP contribution in [-0.2, 0) is 11.3 Å². The molecule has 3 N–H and O–H groups in total. The second kappa shape index (κ2) is 4.57. The Bertz CT molecular complexity index is 516. The fraction of sp³-hybridized carbons (Fsp3) is 0.364. The number of nitrogens with two attached hydrogens (primary N) is 1. The maximum Gasteiger partial charge on any atom is 0.494 e. The average molecular weight is 250 g/mol. The number of hydrogen-bond acceptors (Lipinski definition) is 5. The molecule has 0 fully saturated rings. The molecule has 0 aliphatic carbocycles. The van der Waals surface area contributed by atoms with Crippen molar-refractivity contribution in [2.75, 3.05) is 6.61 Å². The highest BCUT2D eigenvalue weighted by molar-refractivity contribution is 6.61. The highest BCUT2D eigenvalue weighted by Crippen LogP contribution is 2.21. The van der Waals surface area contributed by atoms with Crippen LogP contribution < -0.4 is 15.9 Å². The van der Waals surface area contributed by atoms with E-state index in [1.165, 1.54) is 13.0 Å². The summed E-state index contributed by atoms with van der Waals surface area (Å²) in [5.41, 5.74) is 5.05. The number of fused-ring (bicyclic) bond motifs is 1. The van der Waals surface area contributed by atoms with Gasteiger partial charge in [-0.25, -0.2) is 4.39 Å². The van der Waals surface area contributed by atoms with Crippen molar-refractivity contribution in [3.05, 3.63) is 23.5 Å². The van der Waals surface area contributed by atoms with Gasteiger partial charge in [-0.2, -0.15) is 5.26 Å². The molecule has 18 heavy (non-hydrogen) atoms. The number of rotatable bonds is 3. The fourth-order valence-electron chi connectivity index (χ4n) is 1.63. The van der Waals surface area contributed by atoms with Crippen molar-refractivity contribution in [2.45, 2.75) is 19.1 Å². The molecule has 1 aliphatic rings. The lowest BCUT2D eigenvalue weighted by Gasteiger charge is -2.17. The van der Waals surface area contributed by atoms with E-state index in [-0.39, 0.29) is 24.4 Å². The van der Waals surface area contributed by atoms with Gasteiger partial charge in [0.05, 0.1) is 12.7 Å². The molecule has 1 atom stereocenters. The Morgan fingerprint density at radius 3 is 3.11 bits per heavy atom. The minimum atomic E-state index is -1.27. The normalized spacial score (nSPS) is 16.9. The zero-order valence-corrected chi connectivity index (χ0v) is 9.81. The van der Waals surface area contributed by atoms with E-state index in [2.05, 4.69) is 0 Å². The van der Waals surface area contributed by atoms with Gasteiger partial charge in [-0.15, -0.1) is 0 Å².